The number of aromatic nitrogens is 3. The van der Waals surface area contributed by atoms with E-state index in [4.69, 9.17) is 0 Å². The van der Waals surface area contributed by atoms with Crippen LogP contribution >= 0.6 is 15.9 Å². The maximum absolute atomic E-state index is 13.1. The third-order valence-corrected chi connectivity index (χ3v) is 3.19. The molecule has 1 atom stereocenters. The summed E-state index contributed by atoms with van der Waals surface area (Å²) in [6.07, 6.45) is 3.20. The molecule has 1 unspecified atom stereocenters. The van der Waals surface area contributed by atoms with Gasteiger partial charge in [0, 0.05) is 17.8 Å². The van der Waals surface area contributed by atoms with Gasteiger partial charge >= 0.3 is 0 Å². The van der Waals surface area contributed by atoms with Crippen LogP contribution in [0.2, 0.25) is 0 Å². The summed E-state index contributed by atoms with van der Waals surface area (Å²) in [4.78, 5) is 3.74. The summed E-state index contributed by atoms with van der Waals surface area (Å²) in [5.41, 5.74) is 0.996. The van der Waals surface area contributed by atoms with E-state index in [-0.39, 0.29) is 6.04 Å². The molecule has 0 aromatic carbocycles. The van der Waals surface area contributed by atoms with Crippen molar-refractivity contribution >= 4 is 15.9 Å². The molecule has 2 aromatic rings. The van der Waals surface area contributed by atoms with E-state index >= 15 is 0 Å². The lowest BCUT2D eigenvalue weighted by Crippen LogP contribution is -2.13. The second kappa shape index (κ2) is 5.16. The molecule has 0 saturated carbocycles. The van der Waals surface area contributed by atoms with Crippen molar-refractivity contribution in [3.8, 4) is 0 Å². The Hall–Kier alpha value is -1.27. The molecule has 6 heteroatoms. The third kappa shape index (κ3) is 2.44. The number of nitrogens with zero attached hydrogens (tertiary/aromatic N) is 3. The van der Waals surface area contributed by atoms with Gasteiger partial charge in [-0.3, -0.25) is 9.67 Å². The minimum Gasteiger partial charge on any atom is -0.382 e. The third-order valence-electron chi connectivity index (χ3n) is 2.58. The Kier molecular flexibility index (Phi) is 3.77. The lowest BCUT2D eigenvalue weighted by molar-refractivity contribution is 0.203. The van der Waals surface area contributed by atoms with Crippen molar-refractivity contribution in [3.63, 3.8) is 0 Å². The summed E-state index contributed by atoms with van der Waals surface area (Å²) in [6.45, 7) is 3.92. The van der Waals surface area contributed by atoms with Crippen molar-refractivity contribution in [2.45, 2.75) is 26.0 Å². The van der Waals surface area contributed by atoms with Gasteiger partial charge in [0.2, 0.25) is 0 Å². The first-order chi connectivity index (χ1) is 8.50. The van der Waals surface area contributed by atoms with Gasteiger partial charge < -0.3 is 5.11 Å². The summed E-state index contributed by atoms with van der Waals surface area (Å²) < 4.78 is 15.5. The van der Waals surface area contributed by atoms with Crippen molar-refractivity contribution in [2.24, 2.45) is 0 Å². The van der Waals surface area contributed by atoms with Gasteiger partial charge in [0.25, 0.3) is 0 Å². The number of pyridine rings is 1. The Bertz CT molecular complexity index is 556. The Morgan fingerprint density at radius 2 is 2.06 bits per heavy atom. The predicted octanol–water partition coefficient (Wildman–Crippen LogP) is 2.84. The van der Waals surface area contributed by atoms with Gasteiger partial charge in [-0.25, -0.2) is 4.39 Å². The van der Waals surface area contributed by atoms with Crippen molar-refractivity contribution in [1.82, 2.24) is 14.8 Å². The van der Waals surface area contributed by atoms with Crippen molar-refractivity contribution in [2.75, 3.05) is 0 Å². The molecule has 0 aliphatic carbocycles. The summed E-state index contributed by atoms with van der Waals surface area (Å²) in [5, 5.41) is 14.5. The summed E-state index contributed by atoms with van der Waals surface area (Å²) in [7, 11) is 0. The molecule has 4 nitrogen and oxygen atoms in total. The predicted molar refractivity (Wildman–Crippen MR) is 68.6 cm³/mol. The number of aliphatic hydroxyl groups is 1. The molecule has 0 radical (unpaired) electrons. The average Bonchev–Trinajstić information content (AvgIpc) is 2.70. The number of hydrogen-bond acceptors (Lipinski definition) is 3. The Labute approximate surface area is 113 Å². The molecule has 2 aromatic heterocycles. The van der Waals surface area contributed by atoms with Crippen molar-refractivity contribution in [3.05, 3.63) is 46.2 Å². The molecular formula is C12H13BrFN3O. The second-order valence-electron chi connectivity index (χ2n) is 4.26. The first kappa shape index (κ1) is 13.2. The molecule has 0 bridgehead atoms. The van der Waals surface area contributed by atoms with E-state index in [2.05, 4.69) is 26.0 Å². The van der Waals surface area contributed by atoms with Gasteiger partial charge in [-0.05, 0) is 35.8 Å². The van der Waals surface area contributed by atoms with Gasteiger partial charge in [0.05, 0.1) is 22.6 Å². The molecule has 18 heavy (non-hydrogen) atoms. The summed E-state index contributed by atoms with van der Waals surface area (Å²) in [5.74, 6) is -0.474. The van der Waals surface area contributed by atoms with Crippen molar-refractivity contribution in [1.29, 1.82) is 0 Å². The van der Waals surface area contributed by atoms with Crippen LogP contribution in [0.15, 0.2) is 29.1 Å². The Morgan fingerprint density at radius 3 is 2.67 bits per heavy atom. The number of aliphatic hydroxyl groups excluding tert-OH is 1. The van der Waals surface area contributed by atoms with Crippen LogP contribution in [-0.2, 0) is 0 Å². The molecule has 0 aliphatic rings. The van der Waals surface area contributed by atoms with Crippen LogP contribution in [0.25, 0.3) is 0 Å². The van der Waals surface area contributed by atoms with E-state index in [9.17, 15) is 9.50 Å². The first-order valence-corrected chi connectivity index (χ1v) is 6.31. The van der Waals surface area contributed by atoms with Gasteiger partial charge in [-0.15, -0.1) is 0 Å². The van der Waals surface area contributed by atoms with Crippen molar-refractivity contribution < 1.29 is 9.50 Å². The van der Waals surface area contributed by atoms with Gasteiger partial charge in [0.1, 0.15) is 11.9 Å². The van der Waals surface area contributed by atoms with Crippen LogP contribution < -0.4 is 0 Å². The maximum atomic E-state index is 13.1. The van der Waals surface area contributed by atoms with Crippen LogP contribution in [0.5, 0.6) is 0 Å². The minimum atomic E-state index is -0.965. The zero-order valence-electron chi connectivity index (χ0n) is 10.0. The highest BCUT2D eigenvalue weighted by molar-refractivity contribution is 9.10. The number of hydrogen-bond donors (Lipinski definition) is 1. The molecular weight excluding hydrogens is 301 g/mol. The lowest BCUT2D eigenvalue weighted by atomic mass is 10.1. The molecule has 2 heterocycles. The molecule has 0 fully saturated rings. The van der Waals surface area contributed by atoms with Crippen LogP contribution in [0, 0.1) is 5.82 Å². The Morgan fingerprint density at radius 1 is 1.33 bits per heavy atom. The molecule has 0 amide bonds. The highest BCUT2D eigenvalue weighted by atomic mass is 79.9. The molecule has 2 rings (SSSR count). The first-order valence-electron chi connectivity index (χ1n) is 5.52. The van der Waals surface area contributed by atoms with E-state index < -0.39 is 11.9 Å². The van der Waals surface area contributed by atoms with E-state index in [1.807, 2.05) is 13.8 Å². The SMILES string of the molecule is CC(C)n1ncc(Br)c1C(O)c1cncc(F)c1. The van der Waals surface area contributed by atoms with Gasteiger partial charge in [0.15, 0.2) is 0 Å². The number of halogens is 2. The highest BCUT2D eigenvalue weighted by Gasteiger charge is 2.21. The van der Waals surface area contributed by atoms with E-state index in [1.54, 1.807) is 10.9 Å². The number of rotatable bonds is 3. The highest BCUT2D eigenvalue weighted by Crippen LogP contribution is 2.30. The quantitative estimate of drug-likeness (QED) is 0.948. The van der Waals surface area contributed by atoms with Gasteiger partial charge in [-0.1, -0.05) is 0 Å². The molecule has 0 saturated heterocycles. The van der Waals surface area contributed by atoms with Crippen LogP contribution in [0.4, 0.5) is 4.39 Å². The Balaban J connectivity index is 2.45. The summed E-state index contributed by atoms with van der Waals surface area (Å²) >= 11 is 3.34. The zero-order chi connectivity index (χ0) is 13.3. The topological polar surface area (TPSA) is 50.9 Å². The molecule has 0 spiro atoms. The monoisotopic (exact) mass is 313 g/mol. The fourth-order valence-electron chi connectivity index (χ4n) is 1.75. The summed E-state index contributed by atoms with van der Waals surface area (Å²) in [6, 6.07) is 1.37. The smallest absolute Gasteiger partial charge is 0.141 e. The fraction of sp³-hybridized carbons (Fsp3) is 0.333. The second-order valence-corrected chi connectivity index (χ2v) is 5.11. The largest absolute Gasteiger partial charge is 0.382 e. The molecule has 96 valence electrons. The van der Waals surface area contributed by atoms with E-state index in [0.29, 0.717) is 15.7 Å². The average molecular weight is 314 g/mol. The fourth-order valence-corrected chi connectivity index (χ4v) is 2.24. The zero-order valence-corrected chi connectivity index (χ0v) is 11.6. The van der Waals surface area contributed by atoms with Gasteiger partial charge in [-0.2, -0.15) is 5.10 Å². The molecule has 1 N–H and O–H groups in total. The normalized spacial score (nSPS) is 13.0. The lowest BCUT2D eigenvalue weighted by Gasteiger charge is -2.16. The van der Waals surface area contributed by atoms with Crippen LogP contribution in [0.1, 0.15) is 37.3 Å². The maximum Gasteiger partial charge on any atom is 0.141 e. The molecule has 0 aliphatic heterocycles. The van der Waals surface area contributed by atoms with Crippen LogP contribution in [-0.4, -0.2) is 19.9 Å². The van der Waals surface area contributed by atoms with Crippen LogP contribution in [0.3, 0.4) is 0 Å². The minimum absolute atomic E-state index is 0.0995. The van der Waals surface area contributed by atoms with E-state index in [1.165, 1.54) is 12.3 Å². The van der Waals surface area contributed by atoms with E-state index in [0.717, 1.165) is 6.20 Å². The standard InChI is InChI=1S/C12H13BrFN3O/c1-7(2)17-11(10(13)6-16-17)12(18)8-3-9(14)5-15-4-8/h3-7,12,18H,1-2H3.